The Balaban J connectivity index is 1.81. The molecule has 12 nitrogen and oxygen atoms in total. The van der Waals surface area contributed by atoms with Gasteiger partial charge in [0, 0.05) is 36.0 Å². The Labute approximate surface area is 279 Å². The van der Waals surface area contributed by atoms with Crippen molar-refractivity contribution in [2.75, 3.05) is 29.9 Å². The van der Waals surface area contributed by atoms with E-state index in [-0.39, 0.29) is 41.9 Å². The number of aromatic nitrogens is 1. The number of anilines is 2. The molecule has 1 fully saturated rings. The Morgan fingerprint density at radius 3 is 2.51 bits per heavy atom. The number of quaternary nitrogens is 1. The second kappa shape index (κ2) is 12.3. The molecule has 3 aromatic carbocycles. The van der Waals surface area contributed by atoms with Crippen LogP contribution >= 0.6 is 0 Å². The Morgan fingerprint density at radius 2 is 1.86 bits per heavy atom. The fourth-order valence-electron chi connectivity index (χ4n) is 6.85. The van der Waals surface area contributed by atoms with E-state index >= 15 is 9.18 Å². The quantitative estimate of drug-likeness (QED) is 0.282. The van der Waals surface area contributed by atoms with Crippen LogP contribution in [0.3, 0.4) is 0 Å². The highest BCUT2D eigenvalue weighted by Crippen LogP contribution is 2.56. The molecule has 1 N–H and O–H groups in total. The van der Waals surface area contributed by atoms with Crippen LogP contribution in [0.2, 0.25) is 0 Å². The number of fused-ring (bicyclic) bond motifs is 1. The van der Waals surface area contributed by atoms with Crippen molar-refractivity contribution in [3.8, 4) is 17.9 Å². The number of pyridine rings is 1. The van der Waals surface area contributed by atoms with Gasteiger partial charge in [-0.2, -0.15) is 18.9 Å². The molecule has 6 rings (SSSR count). The standard InChI is InChI=1S/C34H26F2N6O6S/c1-2-48-29-10-6-4-8-25(29)34(26-19-39-28-9-5-3-7-24(26)28)32(43)42(33(44)45,49(46,47)30-13-12-22(35)15-27(30)36)20-23(17-38)41(34)31-14-11-21(16-37)18-40-31/h3-15,18,23,26,39H,2,19-20H2,1H3. The van der Waals surface area contributed by atoms with Gasteiger partial charge in [0.15, 0.2) is 22.3 Å². The van der Waals surface area contributed by atoms with Gasteiger partial charge in [-0.1, -0.05) is 40.3 Å². The molecule has 1 aromatic heterocycles. The van der Waals surface area contributed by atoms with Gasteiger partial charge in [0.25, 0.3) is 6.09 Å². The number of imide groups is 1. The number of nitrogens with zero attached hydrogens (tertiary/aromatic N) is 5. The lowest BCUT2D eigenvalue weighted by molar-refractivity contribution is -0.693. The summed E-state index contributed by atoms with van der Waals surface area (Å²) in [5, 5.41) is 36.9. The van der Waals surface area contributed by atoms with Crippen LogP contribution in [0.5, 0.6) is 5.75 Å². The number of carboxylic acid groups (broad SMARTS) is 1. The Hall–Kier alpha value is -5.90. The van der Waals surface area contributed by atoms with Crippen LogP contribution < -0.4 is 20.1 Å². The van der Waals surface area contributed by atoms with Crippen LogP contribution in [0.4, 0.5) is 25.1 Å². The van der Waals surface area contributed by atoms with Gasteiger partial charge in [-0.25, -0.2) is 18.6 Å². The molecule has 2 amide bonds. The molecule has 4 atom stereocenters. The monoisotopic (exact) mass is 684 g/mol. The minimum atomic E-state index is -5.71. The lowest BCUT2D eigenvalue weighted by Gasteiger charge is -2.55. The predicted molar refractivity (Wildman–Crippen MR) is 167 cm³/mol. The third kappa shape index (κ3) is 4.77. The molecular weight excluding hydrogens is 658 g/mol. The molecule has 0 bridgehead atoms. The summed E-state index contributed by atoms with van der Waals surface area (Å²) >= 11 is 0. The fourth-order valence-corrected chi connectivity index (χ4v) is 8.62. The Morgan fingerprint density at radius 1 is 1.12 bits per heavy atom. The number of nitriles is 2. The topological polar surface area (TPSA) is 176 Å². The van der Waals surface area contributed by atoms with E-state index in [1.807, 2.05) is 12.1 Å². The minimum absolute atomic E-state index is 0.0185. The summed E-state index contributed by atoms with van der Waals surface area (Å²) in [6, 6.07) is 19.1. The number of halogens is 2. The van der Waals surface area contributed by atoms with E-state index in [4.69, 9.17) is 4.74 Å². The number of carbonyl (C=O) groups is 2. The predicted octanol–water partition coefficient (Wildman–Crippen LogP) is 3.52. The van der Waals surface area contributed by atoms with Crippen molar-refractivity contribution in [2.45, 2.75) is 29.3 Å². The number of hydrogen-bond acceptors (Lipinski definition) is 11. The van der Waals surface area contributed by atoms with Crippen LogP contribution in [0.15, 0.2) is 90.0 Å². The van der Waals surface area contributed by atoms with Crippen LogP contribution in [0, 0.1) is 34.3 Å². The zero-order chi connectivity index (χ0) is 35.1. The molecule has 4 aromatic rings. The molecule has 2 aliphatic heterocycles. The molecule has 0 radical (unpaired) electrons. The third-order valence-electron chi connectivity index (χ3n) is 8.86. The number of para-hydroxylation sites is 2. The van der Waals surface area contributed by atoms with Gasteiger partial charge in [-0.15, -0.1) is 0 Å². The van der Waals surface area contributed by atoms with E-state index in [2.05, 4.69) is 10.3 Å². The zero-order valence-corrected chi connectivity index (χ0v) is 26.5. The smallest absolute Gasteiger partial charge is 0.366 e. The van der Waals surface area contributed by atoms with Gasteiger partial charge >= 0.3 is 15.9 Å². The molecule has 0 aliphatic carbocycles. The maximum atomic E-state index is 15.8. The van der Waals surface area contributed by atoms with Crippen LogP contribution in [-0.4, -0.2) is 55.0 Å². The van der Waals surface area contributed by atoms with Gasteiger partial charge in [0.2, 0.25) is 0 Å². The molecule has 248 valence electrons. The Bertz CT molecular complexity index is 2190. The number of nitrogens with one attached hydrogen (secondary N) is 1. The van der Waals surface area contributed by atoms with E-state index in [1.165, 1.54) is 41.4 Å². The number of amides is 2. The molecule has 49 heavy (non-hydrogen) atoms. The van der Waals surface area contributed by atoms with E-state index in [1.54, 1.807) is 37.3 Å². The molecule has 3 heterocycles. The van der Waals surface area contributed by atoms with Crippen LogP contribution in [0.1, 0.15) is 29.5 Å². The van der Waals surface area contributed by atoms with Crippen LogP contribution in [-0.2, 0) is 20.4 Å². The number of rotatable bonds is 7. The first-order valence-corrected chi connectivity index (χ1v) is 16.4. The maximum absolute atomic E-state index is 15.8. The van der Waals surface area contributed by atoms with Crippen LogP contribution in [0.25, 0.3) is 0 Å². The summed E-state index contributed by atoms with van der Waals surface area (Å²) < 4.78 is 61.9. The van der Waals surface area contributed by atoms with Crippen molar-refractivity contribution < 1.29 is 40.5 Å². The normalized spacial score (nSPS) is 23.1. The van der Waals surface area contributed by atoms with E-state index in [0.29, 0.717) is 23.4 Å². The fraction of sp³-hybridized carbons (Fsp3) is 0.206. The zero-order valence-electron chi connectivity index (χ0n) is 25.7. The van der Waals surface area contributed by atoms with Gasteiger partial charge in [-0.05, 0) is 48.9 Å². The third-order valence-corrected chi connectivity index (χ3v) is 11.0. The van der Waals surface area contributed by atoms with Crippen molar-refractivity contribution >= 4 is 33.5 Å². The van der Waals surface area contributed by atoms with Gasteiger partial charge in [0.05, 0.1) is 18.2 Å². The number of carbonyl (C=O) groups excluding carboxylic acids is 2. The first-order valence-electron chi connectivity index (χ1n) is 14.9. The number of benzene rings is 3. The summed E-state index contributed by atoms with van der Waals surface area (Å²) in [5.41, 5.74) is -1.35. The highest BCUT2D eigenvalue weighted by atomic mass is 32.2. The van der Waals surface area contributed by atoms with E-state index < -0.39 is 66.5 Å². The number of piperazine rings is 1. The molecule has 4 unspecified atom stereocenters. The number of hydrogen-bond donors (Lipinski definition) is 1. The summed E-state index contributed by atoms with van der Waals surface area (Å²) in [6.07, 6.45) is -1.27. The summed E-state index contributed by atoms with van der Waals surface area (Å²) in [4.78, 5) is 33.6. The van der Waals surface area contributed by atoms with Gasteiger partial charge in [0.1, 0.15) is 30.0 Å². The first kappa shape index (κ1) is 33.0. The van der Waals surface area contributed by atoms with Gasteiger partial charge < -0.3 is 24.9 Å². The molecule has 0 spiro atoms. The van der Waals surface area contributed by atoms with E-state index in [9.17, 15) is 33.2 Å². The highest BCUT2D eigenvalue weighted by molar-refractivity contribution is 7.86. The van der Waals surface area contributed by atoms with E-state index in [0.717, 1.165) is 0 Å². The highest BCUT2D eigenvalue weighted by Gasteiger charge is 2.73. The first-order chi connectivity index (χ1) is 23.5. The maximum Gasteiger partial charge on any atom is 0.366 e. The lowest BCUT2D eigenvalue weighted by atomic mass is 9.70. The molecular formula is C34H26F2N6O6S. The minimum Gasteiger partial charge on any atom is -0.497 e. The van der Waals surface area contributed by atoms with Crippen molar-refractivity contribution in [3.63, 3.8) is 0 Å². The number of ether oxygens (including phenoxy) is 1. The molecule has 2 aliphatic rings. The average molecular weight is 685 g/mol. The molecule has 0 saturated carbocycles. The Kier molecular flexibility index (Phi) is 8.27. The molecule has 15 heteroatoms. The largest absolute Gasteiger partial charge is 0.497 e. The number of sulfonamides is 1. The van der Waals surface area contributed by atoms with Crippen molar-refractivity contribution in [1.29, 1.82) is 10.5 Å². The lowest BCUT2D eigenvalue weighted by Crippen LogP contribution is -2.81. The van der Waals surface area contributed by atoms with Gasteiger partial charge in [-0.3, -0.25) is 0 Å². The molecule has 1 saturated heterocycles. The van der Waals surface area contributed by atoms with Crippen molar-refractivity contribution in [3.05, 3.63) is 113 Å². The van der Waals surface area contributed by atoms with Crippen molar-refractivity contribution in [2.24, 2.45) is 0 Å². The second-order valence-corrected chi connectivity index (χ2v) is 13.3. The second-order valence-electron chi connectivity index (χ2n) is 11.3. The van der Waals surface area contributed by atoms with Crippen molar-refractivity contribution in [1.82, 2.24) is 4.98 Å². The average Bonchev–Trinajstić information content (AvgIpc) is 3.53. The SMILES string of the molecule is CCOc1ccccc1C1(C2CNc3ccccc32)C(=O)[N+](C(=O)[O-])(S(=O)(=O)c2ccc(F)cc2F)CC(C#N)N1c1ccc(C#N)cn1. The summed E-state index contributed by atoms with van der Waals surface area (Å²) in [5.74, 6) is -5.49. The summed E-state index contributed by atoms with van der Waals surface area (Å²) in [7, 11) is -5.71. The summed E-state index contributed by atoms with van der Waals surface area (Å²) in [6.45, 7) is 0.379.